The van der Waals surface area contributed by atoms with Crippen molar-refractivity contribution in [1.82, 2.24) is 9.88 Å². The van der Waals surface area contributed by atoms with Gasteiger partial charge >= 0.3 is 0 Å². The number of carbonyl (C=O) groups excluding carboxylic acids is 2. The molecule has 1 atom stereocenters. The van der Waals surface area contributed by atoms with Gasteiger partial charge in [0.1, 0.15) is 5.82 Å². The Labute approximate surface area is 158 Å². The van der Waals surface area contributed by atoms with Gasteiger partial charge in [-0.25, -0.2) is 13.2 Å². The standard InChI is InChI=1S/C20H17F3N2O3/c1-9(19(27)24-3)15-10(2)25(20(28)11-5-4-6-12(21)7-11)14-8-13(22)18(26)17(23)16(14)15/h4-9,26H,1-3H3,(H,24,27). The van der Waals surface area contributed by atoms with Crippen molar-refractivity contribution in [3.63, 3.8) is 0 Å². The van der Waals surface area contributed by atoms with Crippen LogP contribution in [0.3, 0.4) is 0 Å². The number of hydrogen-bond donors (Lipinski definition) is 2. The highest BCUT2D eigenvalue weighted by Gasteiger charge is 2.30. The SMILES string of the molecule is CNC(=O)C(C)c1c(C)n(C(=O)c2cccc(F)c2)c2cc(F)c(O)c(F)c12. The molecule has 146 valence electrons. The number of nitrogens with one attached hydrogen (secondary N) is 1. The number of fused-ring (bicyclic) bond motifs is 1. The number of likely N-dealkylation sites (N-methyl/N-ethyl adjacent to an activating group) is 1. The number of benzene rings is 2. The minimum absolute atomic E-state index is 0.0342. The predicted octanol–water partition coefficient (Wildman–Crippen LogP) is 3.61. The van der Waals surface area contributed by atoms with Crippen LogP contribution in [0.2, 0.25) is 0 Å². The summed E-state index contributed by atoms with van der Waals surface area (Å²) in [6.45, 7) is 2.97. The van der Waals surface area contributed by atoms with Gasteiger partial charge in [-0.05, 0) is 37.6 Å². The minimum Gasteiger partial charge on any atom is -0.503 e. The second-order valence-electron chi connectivity index (χ2n) is 6.40. The Morgan fingerprint density at radius 1 is 1.18 bits per heavy atom. The van der Waals surface area contributed by atoms with Crippen LogP contribution in [0.25, 0.3) is 10.9 Å². The van der Waals surface area contributed by atoms with Crippen LogP contribution in [0, 0.1) is 24.4 Å². The lowest BCUT2D eigenvalue weighted by molar-refractivity contribution is -0.121. The maximum Gasteiger partial charge on any atom is 0.262 e. The van der Waals surface area contributed by atoms with E-state index in [0.717, 1.165) is 22.8 Å². The molecule has 8 heteroatoms. The monoisotopic (exact) mass is 390 g/mol. The molecule has 0 aliphatic rings. The number of amides is 1. The summed E-state index contributed by atoms with van der Waals surface area (Å²) in [7, 11) is 1.40. The second kappa shape index (κ2) is 7.03. The van der Waals surface area contributed by atoms with Gasteiger partial charge in [-0.3, -0.25) is 14.2 Å². The largest absolute Gasteiger partial charge is 0.503 e. The molecule has 3 rings (SSSR count). The fourth-order valence-electron chi connectivity index (χ4n) is 3.40. The first-order chi connectivity index (χ1) is 13.2. The Kier molecular flexibility index (Phi) is 4.89. The van der Waals surface area contributed by atoms with E-state index < -0.39 is 40.9 Å². The lowest BCUT2D eigenvalue weighted by Gasteiger charge is -2.12. The van der Waals surface area contributed by atoms with Crippen LogP contribution < -0.4 is 5.32 Å². The zero-order valence-electron chi connectivity index (χ0n) is 15.3. The van der Waals surface area contributed by atoms with Crippen molar-refractivity contribution in [1.29, 1.82) is 0 Å². The van der Waals surface area contributed by atoms with Gasteiger partial charge in [0.2, 0.25) is 5.91 Å². The molecule has 1 aromatic heterocycles. The minimum atomic E-state index is -1.27. The summed E-state index contributed by atoms with van der Waals surface area (Å²) in [5.41, 5.74) is 0.120. The van der Waals surface area contributed by atoms with Crippen molar-refractivity contribution in [2.75, 3.05) is 7.05 Å². The Bertz CT molecular complexity index is 1120. The summed E-state index contributed by atoms with van der Waals surface area (Å²) in [6, 6.07) is 5.69. The first-order valence-electron chi connectivity index (χ1n) is 8.42. The van der Waals surface area contributed by atoms with E-state index in [9.17, 15) is 27.9 Å². The van der Waals surface area contributed by atoms with Crippen LogP contribution in [0.15, 0.2) is 30.3 Å². The quantitative estimate of drug-likeness (QED) is 0.718. The lowest BCUT2D eigenvalue weighted by Crippen LogP contribution is -2.24. The number of phenols is 1. The van der Waals surface area contributed by atoms with E-state index in [1.165, 1.54) is 33.0 Å². The van der Waals surface area contributed by atoms with Crippen molar-refractivity contribution in [3.05, 3.63) is 64.6 Å². The number of nitrogens with zero attached hydrogens (tertiary/aromatic N) is 1. The van der Waals surface area contributed by atoms with Gasteiger partial charge in [0.25, 0.3) is 5.91 Å². The molecule has 2 aromatic carbocycles. The molecular weight excluding hydrogens is 373 g/mol. The molecule has 1 heterocycles. The maximum atomic E-state index is 14.8. The molecule has 0 bridgehead atoms. The van der Waals surface area contributed by atoms with E-state index in [4.69, 9.17) is 0 Å². The smallest absolute Gasteiger partial charge is 0.262 e. The molecule has 5 nitrogen and oxygen atoms in total. The van der Waals surface area contributed by atoms with Gasteiger partial charge in [0.15, 0.2) is 17.4 Å². The Hall–Kier alpha value is -3.29. The summed E-state index contributed by atoms with van der Waals surface area (Å²) in [4.78, 5) is 25.2. The van der Waals surface area contributed by atoms with Crippen molar-refractivity contribution < 1.29 is 27.9 Å². The van der Waals surface area contributed by atoms with Gasteiger partial charge in [0, 0.05) is 29.8 Å². The second-order valence-corrected chi connectivity index (χ2v) is 6.40. The average molecular weight is 390 g/mol. The van der Waals surface area contributed by atoms with Crippen LogP contribution in [-0.4, -0.2) is 28.5 Å². The first-order valence-corrected chi connectivity index (χ1v) is 8.42. The molecular formula is C20H17F3N2O3. The zero-order chi connectivity index (χ0) is 20.7. The molecule has 0 aliphatic heterocycles. The third kappa shape index (κ3) is 2.90. The molecule has 1 amide bonds. The molecule has 2 N–H and O–H groups in total. The van der Waals surface area contributed by atoms with Gasteiger partial charge in [0.05, 0.1) is 11.4 Å². The molecule has 0 radical (unpaired) electrons. The number of rotatable bonds is 3. The number of aromatic nitrogens is 1. The normalized spacial score (nSPS) is 12.2. The van der Waals surface area contributed by atoms with Crippen LogP contribution >= 0.6 is 0 Å². The van der Waals surface area contributed by atoms with Crippen LogP contribution in [-0.2, 0) is 4.79 Å². The predicted molar refractivity (Wildman–Crippen MR) is 96.9 cm³/mol. The van der Waals surface area contributed by atoms with Crippen LogP contribution in [0.1, 0.15) is 34.5 Å². The number of halogens is 3. The molecule has 0 spiro atoms. The maximum absolute atomic E-state index is 14.8. The third-order valence-electron chi connectivity index (χ3n) is 4.76. The highest BCUT2D eigenvalue weighted by atomic mass is 19.1. The molecule has 1 unspecified atom stereocenters. The molecule has 0 saturated carbocycles. The van der Waals surface area contributed by atoms with E-state index in [1.54, 1.807) is 0 Å². The first kappa shape index (κ1) is 19.5. The highest BCUT2D eigenvalue weighted by molar-refractivity contribution is 6.05. The highest BCUT2D eigenvalue weighted by Crippen LogP contribution is 2.38. The summed E-state index contributed by atoms with van der Waals surface area (Å²) in [5.74, 6) is -6.44. The van der Waals surface area contributed by atoms with Gasteiger partial charge in [-0.2, -0.15) is 0 Å². The summed E-state index contributed by atoms with van der Waals surface area (Å²) in [6.07, 6.45) is 0. The Morgan fingerprint density at radius 2 is 1.86 bits per heavy atom. The van der Waals surface area contributed by atoms with E-state index in [2.05, 4.69) is 5.32 Å². The summed E-state index contributed by atoms with van der Waals surface area (Å²) < 4.78 is 43.4. The molecule has 0 saturated heterocycles. The number of aromatic hydroxyl groups is 1. The van der Waals surface area contributed by atoms with Crippen molar-refractivity contribution in [2.24, 2.45) is 0 Å². The summed E-state index contributed by atoms with van der Waals surface area (Å²) in [5, 5.41) is 11.9. The van der Waals surface area contributed by atoms with E-state index >= 15 is 0 Å². The van der Waals surface area contributed by atoms with E-state index in [-0.39, 0.29) is 27.7 Å². The van der Waals surface area contributed by atoms with Crippen molar-refractivity contribution >= 4 is 22.7 Å². The average Bonchev–Trinajstić information content (AvgIpc) is 2.96. The van der Waals surface area contributed by atoms with Crippen LogP contribution in [0.5, 0.6) is 5.75 Å². The Balaban J connectivity index is 2.39. The molecule has 28 heavy (non-hydrogen) atoms. The third-order valence-corrected chi connectivity index (χ3v) is 4.76. The lowest BCUT2D eigenvalue weighted by atomic mass is 9.96. The van der Waals surface area contributed by atoms with Gasteiger partial charge in [-0.1, -0.05) is 6.07 Å². The fraction of sp³-hybridized carbons (Fsp3) is 0.200. The van der Waals surface area contributed by atoms with Crippen molar-refractivity contribution in [3.8, 4) is 5.75 Å². The molecule has 0 aliphatic carbocycles. The fourth-order valence-corrected chi connectivity index (χ4v) is 3.40. The van der Waals surface area contributed by atoms with Gasteiger partial charge < -0.3 is 10.4 Å². The Morgan fingerprint density at radius 3 is 2.46 bits per heavy atom. The number of hydrogen-bond acceptors (Lipinski definition) is 3. The van der Waals surface area contributed by atoms with E-state index in [1.807, 2.05) is 0 Å². The van der Waals surface area contributed by atoms with E-state index in [0.29, 0.717) is 0 Å². The number of phenolic OH excluding ortho intramolecular Hbond substituents is 1. The van der Waals surface area contributed by atoms with Crippen molar-refractivity contribution in [2.45, 2.75) is 19.8 Å². The van der Waals surface area contributed by atoms with Gasteiger partial charge in [-0.15, -0.1) is 0 Å². The molecule has 0 fully saturated rings. The van der Waals surface area contributed by atoms with Crippen LogP contribution in [0.4, 0.5) is 13.2 Å². The zero-order valence-corrected chi connectivity index (χ0v) is 15.3. The molecule has 3 aromatic rings. The topological polar surface area (TPSA) is 71.3 Å². The number of carbonyl (C=O) groups is 2. The summed E-state index contributed by atoms with van der Waals surface area (Å²) >= 11 is 0.